The van der Waals surface area contributed by atoms with Crippen molar-refractivity contribution in [1.29, 1.82) is 0 Å². The van der Waals surface area contributed by atoms with Crippen LogP contribution in [0.5, 0.6) is 0 Å². The van der Waals surface area contributed by atoms with Crippen molar-refractivity contribution in [2.75, 3.05) is 16.2 Å². The standard InChI is InChI=1S/C24H20N4O3S2/c1-16-22(26-24(32-16)27-23(29)20-9-5-6-13-25-20)18-10-11-21-17(15-18)12-14-28(21)33(30,31)19-7-3-2-4-8-19/h2-11,13,15H,12,14H2,1H3,(H,26,27,29). The lowest BCUT2D eigenvalue weighted by Crippen LogP contribution is -2.29. The number of aryl methyl sites for hydroxylation is 1. The maximum atomic E-state index is 13.1. The van der Waals surface area contributed by atoms with Crippen molar-refractivity contribution in [2.24, 2.45) is 0 Å². The van der Waals surface area contributed by atoms with Crippen LogP contribution in [0.25, 0.3) is 11.3 Å². The molecule has 7 nitrogen and oxygen atoms in total. The number of pyridine rings is 1. The maximum absolute atomic E-state index is 13.1. The van der Waals surface area contributed by atoms with Crippen molar-refractivity contribution in [3.63, 3.8) is 0 Å². The highest BCUT2D eigenvalue weighted by Crippen LogP contribution is 2.37. The van der Waals surface area contributed by atoms with E-state index >= 15 is 0 Å². The Labute approximate surface area is 195 Å². The second kappa shape index (κ2) is 8.42. The minimum absolute atomic E-state index is 0.283. The average Bonchev–Trinajstić information content (AvgIpc) is 3.43. The number of aromatic nitrogens is 2. The van der Waals surface area contributed by atoms with Gasteiger partial charge in [0.2, 0.25) is 0 Å². The summed E-state index contributed by atoms with van der Waals surface area (Å²) in [6, 6.07) is 19.3. The van der Waals surface area contributed by atoms with Crippen molar-refractivity contribution >= 4 is 38.1 Å². The summed E-state index contributed by atoms with van der Waals surface area (Å²) in [6.45, 7) is 2.35. The zero-order valence-electron chi connectivity index (χ0n) is 17.7. The Kier molecular flexibility index (Phi) is 5.43. The summed E-state index contributed by atoms with van der Waals surface area (Å²) >= 11 is 1.39. The van der Waals surface area contributed by atoms with Gasteiger partial charge in [-0.1, -0.05) is 30.3 Å². The van der Waals surface area contributed by atoms with Crippen molar-refractivity contribution in [2.45, 2.75) is 18.2 Å². The van der Waals surface area contributed by atoms with E-state index in [0.29, 0.717) is 29.5 Å². The topological polar surface area (TPSA) is 92.3 Å². The highest BCUT2D eigenvalue weighted by atomic mass is 32.2. The minimum atomic E-state index is -3.61. The summed E-state index contributed by atoms with van der Waals surface area (Å²) in [6.07, 6.45) is 2.20. The lowest BCUT2D eigenvalue weighted by Gasteiger charge is -2.19. The fourth-order valence-corrected chi connectivity index (χ4v) is 6.22. The van der Waals surface area contributed by atoms with Gasteiger partial charge in [0.25, 0.3) is 15.9 Å². The molecule has 3 heterocycles. The van der Waals surface area contributed by atoms with Gasteiger partial charge in [-0.05, 0) is 55.3 Å². The smallest absolute Gasteiger partial charge is 0.276 e. The van der Waals surface area contributed by atoms with Gasteiger partial charge in [0.15, 0.2) is 5.13 Å². The molecule has 9 heteroatoms. The summed E-state index contributed by atoms with van der Waals surface area (Å²) in [5, 5.41) is 3.30. The molecule has 5 rings (SSSR count). The Morgan fingerprint density at radius 2 is 1.85 bits per heavy atom. The van der Waals surface area contributed by atoms with Crippen LogP contribution in [-0.2, 0) is 16.4 Å². The summed E-state index contributed by atoms with van der Waals surface area (Å²) in [5.74, 6) is -0.313. The molecule has 0 unspecified atom stereocenters. The van der Waals surface area contributed by atoms with E-state index < -0.39 is 10.0 Å². The van der Waals surface area contributed by atoms with Gasteiger partial charge in [-0.3, -0.25) is 19.4 Å². The number of hydrogen-bond donors (Lipinski definition) is 1. The molecule has 33 heavy (non-hydrogen) atoms. The molecule has 1 aliphatic heterocycles. The monoisotopic (exact) mass is 476 g/mol. The van der Waals surface area contributed by atoms with Gasteiger partial charge < -0.3 is 0 Å². The van der Waals surface area contributed by atoms with E-state index in [4.69, 9.17) is 0 Å². The lowest BCUT2D eigenvalue weighted by molar-refractivity contribution is 0.102. The van der Waals surface area contributed by atoms with E-state index in [1.54, 1.807) is 54.7 Å². The predicted molar refractivity (Wildman–Crippen MR) is 129 cm³/mol. The van der Waals surface area contributed by atoms with E-state index in [0.717, 1.165) is 21.7 Å². The molecule has 166 valence electrons. The number of fused-ring (bicyclic) bond motifs is 1. The zero-order valence-corrected chi connectivity index (χ0v) is 19.4. The Bertz CT molecular complexity index is 1440. The molecule has 0 fully saturated rings. The lowest BCUT2D eigenvalue weighted by atomic mass is 10.1. The molecule has 4 aromatic rings. The highest BCUT2D eigenvalue weighted by molar-refractivity contribution is 7.92. The number of nitrogens with zero attached hydrogens (tertiary/aromatic N) is 3. The van der Waals surface area contributed by atoms with Gasteiger partial charge in [-0.15, -0.1) is 11.3 Å². The first-order chi connectivity index (χ1) is 15.9. The number of carbonyl (C=O) groups is 1. The average molecular weight is 477 g/mol. The molecular formula is C24H20N4O3S2. The third kappa shape index (κ3) is 4.01. The molecule has 1 N–H and O–H groups in total. The molecule has 2 aromatic heterocycles. The van der Waals surface area contributed by atoms with E-state index in [-0.39, 0.29) is 10.8 Å². The van der Waals surface area contributed by atoms with Crippen LogP contribution in [0.15, 0.2) is 77.8 Å². The van der Waals surface area contributed by atoms with Crippen LogP contribution in [0.1, 0.15) is 20.9 Å². The molecule has 0 atom stereocenters. The fourth-order valence-electron chi connectivity index (χ4n) is 3.86. The zero-order chi connectivity index (χ0) is 23.0. The first-order valence-corrected chi connectivity index (χ1v) is 12.6. The van der Waals surface area contributed by atoms with Crippen molar-refractivity contribution in [3.05, 3.63) is 89.1 Å². The van der Waals surface area contributed by atoms with Crippen LogP contribution in [-0.4, -0.2) is 30.8 Å². The SMILES string of the molecule is Cc1sc(NC(=O)c2ccccn2)nc1-c1ccc2c(c1)CCN2S(=O)(=O)c1ccccc1. The van der Waals surface area contributed by atoms with Crippen molar-refractivity contribution in [1.82, 2.24) is 9.97 Å². The number of hydrogen-bond acceptors (Lipinski definition) is 6. The van der Waals surface area contributed by atoms with Crippen LogP contribution in [0.4, 0.5) is 10.8 Å². The van der Waals surface area contributed by atoms with Crippen LogP contribution >= 0.6 is 11.3 Å². The van der Waals surface area contributed by atoms with Gasteiger partial charge >= 0.3 is 0 Å². The number of carbonyl (C=O) groups excluding carboxylic acids is 1. The number of sulfonamides is 1. The third-order valence-electron chi connectivity index (χ3n) is 5.45. The van der Waals surface area contributed by atoms with E-state index in [1.807, 2.05) is 25.1 Å². The van der Waals surface area contributed by atoms with Crippen molar-refractivity contribution in [3.8, 4) is 11.3 Å². The Balaban J connectivity index is 1.41. The summed E-state index contributed by atoms with van der Waals surface area (Å²) < 4.78 is 27.7. The van der Waals surface area contributed by atoms with Crippen LogP contribution in [0.2, 0.25) is 0 Å². The van der Waals surface area contributed by atoms with Crippen molar-refractivity contribution < 1.29 is 13.2 Å². The number of thiazole rings is 1. The van der Waals surface area contributed by atoms with Gasteiger partial charge in [-0.2, -0.15) is 0 Å². The summed E-state index contributed by atoms with van der Waals surface area (Å²) in [4.78, 5) is 22.3. The second-order valence-electron chi connectivity index (χ2n) is 7.58. The Morgan fingerprint density at radius 3 is 2.61 bits per heavy atom. The second-order valence-corrected chi connectivity index (χ2v) is 10.6. The molecular weight excluding hydrogens is 456 g/mol. The first-order valence-electron chi connectivity index (χ1n) is 10.3. The quantitative estimate of drug-likeness (QED) is 0.457. The molecule has 0 radical (unpaired) electrons. The Hall–Kier alpha value is -3.56. The van der Waals surface area contributed by atoms with Crippen LogP contribution < -0.4 is 9.62 Å². The number of rotatable bonds is 5. The van der Waals surface area contributed by atoms with E-state index in [2.05, 4.69) is 15.3 Å². The molecule has 0 aliphatic carbocycles. The third-order valence-corrected chi connectivity index (χ3v) is 8.17. The van der Waals surface area contributed by atoms with Crippen LogP contribution in [0.3, 0.4) is 0 Å². The minimum Gasteiger partial charge on any atom is -0.296 e. The molecule has 0 saturated carbocycles. The molecule has 0 saturated heterocycles. The molecule has 0 bridgehead atoms. The normalized spacial score (nSPS) is 13.1. The van der Waals surface area contributed by atoms with Gasteiger partial charge in [0.1, 0.15) is 5.69 Å². The van der Waals surface area contributed by atoms with Gasteiger partial charge in [0, 0.05) is 23.2 Å². The Morgan fingerprint density at radius 1 is 1.06 bits per heavy atom. The van der Waals surface area contributed by atoms with Gasteiger partial charge in [-0.25, -0.2) is 13.4 Å². The number of benzene rings is 2. The summed E-state index contributed by atoms with van der Waals surface area (Å²) in [5.41, 5.74) is 3.63. The number of amides is 1. The largest absolute Gasteiger partial charge is 0.296 e. The molecule has 0 spiro atoms. The fraction of sp³-hybridized carbons (Fsp3) is 0.125. The molecule has 2 aromatic carbocycles. The van der Waals surface area contributed by atoms with Gasteiger partial charge in [0.05, 0.1) is 16.3 Å². The molecule has 1 aliphatic rings. The van der Waals surface area contributed by atoms with E-state index in [1.165, 1.54) is 15.6 Å². The highest BCUT2D eigenvalue weighted by Gasteiger charge is 2.31. The number of nitrogens with one attached hydrogen (secondary N) is 1. The first kappa shape index (κ1) is 21.3. The van der Waals surface area contributed by atoms with Crippen LogP contribution in [0, 0.1) is 6.92 Å². The number of anilines is 2. The maximum Gasteiger partial charge on any atom is 0.276 e. The van der Waals surface area contributed by atoms with E-state index in [9.17, 15) is 13.2 Å². The predicted octanol–water partition coefficient (Wildman–Crippen LogP) is 4.52. The summed E-state index contributed by atoms with van der Waals surface area (Å²) in [7, 11) is -3.61. The molecule has 1 amide bonds.